The number of hydrogen-bond acceptors (Lipinski definition) is 5. The molecule has 0 heterocycles. The van der Waals surface area contributed by atoms with Crippen LogP contribution in [0.1, 0.15) is 213 Å². The molecule has 0 fully saturated rings. The fourth-order valence-corrected chi connectivity index (χ4v) is 5.87. The van der Waals surface area contributed by atoms with Crippen molar-refractivity contribution in [2.75, 3.05) is 19.8 Å². The Bertz CT molecular complexity index is 801. The summed E-state index contributed by atoms with van der Waals surface area (Å²) in [6.45, 7) is 7.71. The highest BCUT2D eigenvalue weighted by atomic mass is 16.6. The molecule has 0 aromatic carbocycles. The second kappa shape index (κ2) is 41.5. The molecule has 0 saturated heterocycles. The first-order valence-electron chi connectivity index (χ1n) is 21.5. The van der Waals surface area contributed by atoms with Gasteiger partial charge in [-0.05, 0) is 70.6 Å². The summed E-state index contributed by atoms with van der Waals surface area (Å²) in [5.74, 6) is -0.419. The molecule has 0 aliphatic carbocycles. The normalized spacial score (nSPS) is 12.5. The number of rotatable bonds is 39. The summed E-state index contributed by atoms with van der Waals surface area (Å²) in [5, 5.41) is 0. The van der Waals surface area contributed by atoms with Gasteiger partial charge in [-0.2, -0.15) is 0 Å². The summed E-state index contributed by atoms with van der Waals surface area (Å²) in [6.07, 6.45) is 47.1. The van der Waals surface area contributed by atoms with E-state index in [1.54, 1.807) is 0 Å². The number of allylic oxidation sites excluding steroid dienone is 6. The second-order valence-electron chi connectivity index (χ2n) is 14.2. The van der Waals surface area contributed by atoms with Gasteiger partial charge in [0, 0.05) is 19.4 Å². The standard InChI is InChI=1S/C45H82O5/c1-4-7-10-13-16-18-20-22-23-24-25-27-30-32-35-38-44(46)49-42-43(50-45(47)39-36-33-29-15-12-9-6-3)41-48-40-37-34-31-28-26-21-19-17-14-11-8-5-2/h14,16-18,22-23,43H,4-13,15,19-21,24-42H2,1-3H3/b17-14-,18-16-,23-22-. The fourth-order valence-electron chi connectivity index (χ4n) is 5.87. The van der Waals surface area contributed by atoms with Crippen molar-refractivity contribution >= 4 is 11.9 Å². The third-order valence-electron chi connectivity index (χ3n) is 9.15. The number of unbranched alkanes of at least 4 members (excludes halogenated alkanes) is 22. The summed E-state index contributed by atoms with van der Waals surface area (Å²) < 4.78 is 17.2. The van der Waals surface area contributed by atoms with E-state index in [9.17, 15) is 9.59 Å². The topological polar surface area (TPSA) is 61.8 Å². The van der Waals surface area contributed by atoms with Crippen LogP contribution in [-0.2, 0) is 23.8 Å². The maximum atomic E-state index is 12.6. The molecule has 0 aromatic heterocycles. The van der Waals surface area contributed by atoms with Gasteiger partial charge in [-0.3, -0.25) is 9.59 Å². The van der Waals surface area contributed by atoms with Crippen molar-refractivity contribution in [1.29, 1.82) is 0 Å². The van der Waals surface area contributed by atoms with Crippen molar-refractivity contribution in [2.45, 2.75) is 219 Å². The van der Waals surface area contributed by atoms with Crippen LogP contribution in [0, 0.1) is 0 Å². The molecular weight excluding hydrogens is 620 g/mol. The van der Waals surface area contributed by atoms with Gasteiger partial charge in [0.05, 0.1) is 6.61 Å². The Kier molecular flexibility index (Phi) is 40.0. The van der Waals surface area contributed by atoms with Gasteiger partial charge in [-0.15, -0.1) is 0 Å². The van der Waals surface area contributed by atoms with Gasteiger partial charge in [-0.1, -0.05) is 166 Å². The van der Waals surface area contributed by atoms with Crippen LogP contribution in [0.25, 0.3) is 0 Å². The lowest BCUT2D eigenvalue weighted by atomic mass is 10.1. The van der Waals surface area contributed by atoms with Crippen LogP contribution in [-0.4, -0.2) is 37.9 Å². The first-order valence-corrected chi connectivity index (χ1v) is 21.5. The minimum Gasteiger partial charge on any atom is -0.462 e. The molecule has 0 bridgehead atoms. The summed E-state index contributed by atoms with van der Waals surface area (Å²) in [4.78, 5) is 25.0. The van der Waals surface area contributed by atoms with E-state index in [0.717, 1.165) is 57.8 Å². The molecule has 0 saturated carbocycles. The van der Waals surface area contributed by atoms with Crippen LogP contribution < -0.4 is 0 Å². The first-order chi connectivity index (χ1) is 24.6. The number of carbonyl (C=O) groups excluding carboxylic acids is 2. The number of ether oxygens (including phenoxy) is 3. The van der Waals surface area contributed by atoms with Crippen molar-refractivity contribution in [3.8, 4) is 0 Å². The van der Waals surface area contributed by atoms with Crippen molar-refractivity contribution in [3.05, 3.63) is 36.5 Å². The molecule has 0 spiro atoms. The Hall–Kier alpha value is -1.88. The maximum absolute atomic E-state index is 12.6. The van der Waals surface area contributed by atoms with Gasteiger partial charge >= 0.3 is 11.9 Å². The Morgan fingerprint density at radius 3 is 1.44 bits per heavy atom. The minimum atomic E-state index is -0.536. The van der Waals surface area contributed by atoms with E-state index in [2.05, 4.69) is 57.2 Å². The lowest BCUT2D eigenvalue weighted by Crippen LogP contribution is -2.30. The lowest BCUT2D eigenvalue weighted by Gasteiger charge is -2.18. The van der Waals surface area contributed by atoms with Crippen molar-refractivity contribution in [2.24, 2.45) is 0 Å². The summed E-state index contributed by atoms with van der Waals surface area (Å²) in [5.41, 5.74) is 0. The van der Waals surface area contributed by atoms with Gasteiger partial charge in [0.1, 0.15) is 6.61 Å². The summed E-state index contributed by atoms with van der Waals surface area (Å²) in [6, 6.07) is 0. The van der Waals surface area contributed by atoms with E-state index in [-0.39, 0.29) is 25.2 Å². The Labute approximate surface area is 310 Å². The van der Waals surface area contributed by atoms with Crippen LogP contribution in [0.4, 0.5) is 0 Å². The van der Waals surface area contributed by atoms with Crippen LogP contribution in [0.3, 0.4) is 0 Å². The largest absolute Gasteiger partial charge is 0.462 e. The van der Waals surface area contributed by atoms with Gasteiger partial charge in [-0.25, -0.2) is 0 Å². The quantitative estimate of drug-likeness (QED) is 0.0362. The van der Waals surface area contributed by atoms with E-state index >= 15 is 0 Å². The summed E-state index contributed by atoms with van der Waals surface area (Å²) in [7, 11) is 0. The fraction of sp³-hybridized carbons (Fsp3) is 0.822. The highest BCUT2D eigenvalue weighted by Crippen LogP contribution is 2.13. The van der Waals surface area contributed by atoms with Crippen LogP contribution >= 0.6 is 0 Å². The molecule has 1 atom stereocenters. The smallest absolute Gasteiger partial charge is 0.306 e. The number of esters is 2. The number of carbonyl (C=O) groups is 2. The van der Waals surface area contributed by atoms with E-state index in [1.807, 2.05) is 0 Å². The average Bonchev–Trinajstić information content (AvgIpc) is 3.11. The predicted molar refractivity (Wildman–Crippen MR) is 215 cm³/mol. The second-order valence-corrected chi connectivity index (χ2v) is 14.2. The monoisotopic (exact) mass is 703 g/mol. The van der Waals surface area contributed by atoms with Crippen molar-refractivity contribution in [1.82, 2.24) is 0 Å². The maximum Gasteiger partial charge on any atom is 0.306 e. The van der Waals surface area contributed by atoms with E-state index in [4.69, 9.17) is 14.2 Å². The molecule has 0 aliphatic rings. The Morgan fingerprint density at radius 2 is 0.860 bits per heavy atom. The zero-order chi connectivity index (χ0) is 36.4. The Morgan fingerprint density at radius 1 is 0.440 bits per heavy atom. The first kappa shape index (κ1) is 48.1. The lowest BCUT2D eigenvalue weighted by molar-refractivity contribution is -0.163. The van der Waals surface area contributed by atoms with Crippen LogP contribution in [0.2, 0.25) is 0 Å². The number of hydrogen-bond donors (Lipinski definition) is 0. The molecule has 292 valence electrons. The van der Waals surface area contributed by atoms with E-state index < -0.39 is 6.10 Å². The Balaban J connectivity index is 4.19. The van der Waals surface area contributed by atoms with E-state index in [1.165, 1.54) is 122 Å². The minimum absolute atomic E-state index is 0.0781. The highest BCUT2D eigenvalue weighted by Gasteiger charge is 2.17. The molecule has 5 heteroatoms. The van der Waals surface area contributed by atoms with Gasteiger partial charge in [0.2, 0.25) is 0 Å². The van der Waals surface area contributed by atoms with E-state index in [0.29, 0.717) is 19.4 Å². The average molecular weight is 703 g/mol. The highest BCUT2D eigenvalue weighted by molar-refractivity contribution is 5.70. The molecular formula is C45H82O5. The molecule has 0 aliphatic heterocycles. The van der Waals surface area contributed by atoms with Crippen molar-refractivity contribution < 1.29 is 23.8 Å². The SMILES string of the molecule is CCCC/C=C\CCCCCCCCOCC(COC(=O)CCCCCCC/C=C\C/C=C\CCCCC)OC(=O)CCCCCCCCC. The van der Waals surface area contributed by atoms with Gasteiger partial charge < -0.3 is 14.2 Å². The molecule has 0 rings (SSSR count). The van der Waals surface area contributed by atoms with Gasteiger partial charge in [0.15, 0.2) is 6.10 Å². The third kappa shape index (κ3) is 38.9. The third-order valence-corrected chi connectivity index (χ3v) is 9.15. The molecule has 0 amide bonds. The molecule has 50 heavy (non-hydrogen) atoms. The zero-order valence-corrected chi connectivity index (χ0v) is 33.4. The molecule has 1 unspecified atom stereocenters. The van der Waals surface area contributed by atoms with Crippen LogP contribution in [0.5, 0.6) is 0 Å². The molecule has 0 aromatic rings. The zero-order valence-electron chi connectivity index (χ0n) is 33.4. The van der Waals surface area contributed by atoms with Crippen molar-refractivity contribution in [3.63, 3.8) is 0 Å². The summed E-state index contributed by atoms with van der Waals surface area (Å²) >= 11 is 0. The molecule has 0 radical (unpaired) electrons. The molecule has 5 nitrogen and oxygen atoms in total. The molecule has 0 N–H and O–H groups in total. The van der Waals surface area contributed by atoms with Gasteiger partial charge in [0.25, 0.3) is 0 Å². The van der Waals surface area contributed by atoms with Crippen LogP contribution in [0.15, 0.2) is 36.5 Å². The predicted octanol–water partition coefficient (Wildman–Crippen LogP) is 13.9.